The number of halogens is 1. The first kappa shape index (κ1) is 22.5. The molecule has 2 saturated heterocycles. The van der Waals surface area contributed by atoms with Crippen molar-refractivity contribution in [1.29, 1.82) is 0 Å². The van der Waals surface area contributed by atoms with Crippen molar-refractivity contribution in [3.63, 3.8) is 0 Å². The standard InChI is InChI=1S/C20H29N3O4.ClH/c1-14(24)22-19(2)9-12-27-20(18(19)26)7-10-23(11-8-20)17(25)13-15-3-5-16(21)6-4-15;/h3-6,18,26H,7-13,21H2,1-2H3,(H,22,24);1H/t18-,19+;/m0./s1. The maximum atomic E-state index is 12.6. The van der Waals surface area contributed by atoms with E-state index in [2.05, 4.69) is 5.32 Å². The largest absolute Gasteiger partial charge is 0.399 e. The number of aliphatic hydroxyl groups excluding tert-OH is 1. The molecule has 8 heteroatoms. The van der Waals surface area contributed by atoms with Gasteiger partial charge in [0, 0.05) is 32.3 Å². The monoisotopic (exact) mass is 411 g/mol. The van der Waals surface area contributed by atoms with Crippen LogP contribution in [0.5, 0.6) is 0 Å². The molecule has 2 aliphatic rings. The van der Waals surface area contributed by atoms with E-state index in [0.717, 1.165) is 5.56 Å². The Bertz CT molecular complexity index is 704. The molecule has 3 rings (SSSR count). The summed E-state index contributed by atoms with van der Waals surface area (Å²) in [7, 11) is 0. The lowest BCUT2D eigenvalue weighted by molar-refractivity contribution is -0.207. The molecule has 0 radical (unpaired) electrons. The molecule has 0 bridgehead atoms. The molecule has 0 saturated carbocycles. The van der Waals surface area contributed by atoms with Gasteiger partial charge in [-0.25, -0.2) is 0 Å². The maximum absolute atomic E-state index is 12.6. The lowest BCUT2D eigenvalue weighted by Gasteiger charge is -2.53. The first-order valence-corrected chi connectivity index (χ1v) is 9.47. The SMILES string of the molecule is CC(=O)N[C@]1(C)CCOC2(CCN(C(=O)Cc3ccc(N)cc3)CC2)[C@H]1O.Cl. The topological polar surface area (TPSA) is 105 Å². The van der Waals surface area contributed by atoms with Crippen LogP contribution in [0.4, 0.5) is 5.69 Å². The van der Waals surface area contributed by atoms with Crippen molar-refractivity contribution in [2.75, 3.05) is 25.4 Å². The molecule has 4 N–H and O–H groups in total. The van der Waals surface area contributed by atoms with E-state index in [0.29, 0.717) is 51.1 Å². The van der Waals surface area contributed by atoms with E-state index in [1.807, 2.05) is 24.0 Å². The van der Waals surface area contributed by atoms with Gasteiger partial charge in [-0.2, -0.15) is 0 Å². The number of hydrogen-bond acceptors (Lipinski definition) is 5. The molecule has 156 valence electrons. The Labute approximate surface area is 172 Å². The summed E-state index contributed by atoms with van der Waals surface area (Å²) in [5, 5.41) is 13.9. The molecule has 1 aromatic carbocycles. The number of likely N-dealkylation sites (tertiary alicyclic amines) is 1. The predicted molar refractivity (Wildman–Crippen MR) is 109 cm³/mol. The number of amides is 2. The molecule has 2 amide bonds. The number of anilines is 1. The molecule has 28 heavy (non-hydrogen) atoms. The third-order valence-corrected chi connectivity index (χ3v) is 5.87. The van der Waals surface area contributed by atoms with Gasteiger partial charge in [0.05, 0.1) is 17.6 Å². The van der Waals surface area contributed by atoms with Crippen molar-refractivity contribution in [2.45, 2.75) is 56.8 Å². The van der Waals surface area contributed by atoms with Crippen molar-refractivity contribution < 1.29 is 19.4 Å². The van der Waals surface area contributed by atoms with Crippen molar-refractivity contribution in [2.24, 2.45) is 0 Å². The Morgan fingerprint density at radius 3 is 2.43 bits per heavy atom. The second-order valence-corrected chi connectivity index (χ2v) is 7.96. The lowest BCUT2D eigenvalue weighted by atomic mass is 9.73. The quantitative estimate of drug-likeness (QED) is 0.649. The van der Waals surface area contributed by atoms with Crippen LogP contribution in [-0.4, -0.2) is 58.8 Å². The van der Waals surface area contributed by atoms with E-state index in [4.69, 9.17) is 10.5 Å². The summed E-state index contributed by atoms with van der Waals surface area (Å²) in [6, 6.07) is 7.32. The summed E-state index contributed by atoms with van der Waals surface area (Å²) in [5.41, 5.74) is 5.87. The van der Waals surface area contributed by atoms with E-state index in [9.17, 15) is 14.7 Å². The predicted octanol–water partition coefficient (Wildman–Crippen LogP) is 1.27. The number of ether oxygens (including phenoxy) is 1. The van der Waals surface area contributed by atoms with Crippen LogP contribution in [0.2, 0.25) is 0 Å². The van der Waals surface area contributed by atoms with E-state index < -0.39 is 17.2 Å². The van der Waals surface area contributed by atoms with E-state index in [1.165, 1.54) is 6.92 Å². The lowest BCUT2D eigenvalue weighted by Crippen LogP contribution is -2.69. The van der Waals surface area contributed by atoms with Gasteiger partial charge in [-0.15, -0.1) is 12.4 Å². The zero-order chi connectivity index (χ0) is 19.7. The maximum Gasteiger partial charge on any atom is 0.226 e. The van der Waals surface area contributed by atoms with Gasteiger partial charge in [-0.3, -0.25) is 9.59 Å². The van der Waals surface area contributed by atoms with Crippen molar-refractivity contribution in [1.82, 2.24) is 10.2 Å². The van der Waals surface area contributed by atoms with Crippen LogP contribution < -0.4 is 11.1 Å². The zero-order valence-corrected chi connectivity index (χ0v) is 17.3. The Hall–Kier alpha value is -1.83. The van der Waals surface area contributed by atoms with E-state index in [-0.39, 0.29) is 24.2 Å². The van der Waals surface area contributed by atoms with Crippen LogP contribution in [0, 0.1) is 0 Å². The number of nitrogens with zero attached hydrogens (tertiary/aromatic N) is 1. The molecule has 0 aliphatic carbocycles. The highest BCUT2D eigenvalue weighted by Crippen LogP contribution is 2.40. The molecular formula is C20H30ClN3O4. The summed E-state index contributed by atoms with van der Waals surface area (Å²) in [6.07, 6.45) is 1.19. The average Bonchev–Trinajstić information content (AvgIpc) is 2.62. The molecule has 1 spiro atoms. The summed E-state index contributed by atoms with van der Waals surface area (Å²) in [5.74, 6) is -0.103. The number of nitrogen functional groups attached to an aromatic ring is 1. The summed E-state index contributed by atoms with van der Waals surface area (Å²) >= 11 is 0. The van der Waals surface area contributed by atoms with E-state index in [1.54, 1.807) is 12.1 Å². The van der Waals surface area contributed by atoms with E-state index >= 15 is 0 Å². The molecule has 0 unspecified atom stereocenters. The summed E-state index contributed by atoms with van der Waals surface area (Å²) in [4.78, 5) is 26.0. The molecule has 1 aromatic rings. The highest BCUT2D eigenvalue weighted by molar-refractivity contribution is 5.85. The number of carbonyl (C=O) groups excluding carboxylic acids is 2. The fourth-order valence-electron chi connectivity index (χ4n) is 4.27. The molecule has 7 nitrogen and oxygen atoms in total. The average molecular weight is 412 g/mol. The van der Waals surface area contributed by atoms with Crippen LogP contribution in [0.3, 0.4) is 0 Å². The normalized spacial score (nSPS) is 26.4. The second kappa shape index (κ2) is 8.68. The van der Waals surface area contributed by atoms with Gasteiger partial charge < -0.3 is 25.8 Å². The second-order valence-electron chi connectivity index (χ2n) is 7.96. The molecule has 2 atom stereocenters. The van der Waals surface area contributed by atoms with Gasteiger partial charge in [0.2, 0.25) is 11.8 Å². The first-order chi connectivity index (χ1) is 12.7. The Morgan fingerprint density at radius 1 is 1.25 bits per heavy atom. The van der Waals surface area contributed by atoms with Crippen LogP contribution in [-0.2, 0) is 20.7 Å². The van der Waals surface area contributed by atoms with Gasteiger partial charge in [0.15, 0.2) is 0 Å². The molecular weight excluding hydrogens is 382 g/mol. The van der Waals surface area contributed by atoms with Crippen LogP contribution in [0.15, 0.2) is 24.3 Å². The van der Waals surface area contributed by atoms with Crippen LogP contribution in [0.1, 0.15) is 38.7 Å². The fourth-order valence-corrected chi connectivity index (χ4v) is 4.27. The Morgan fingerprint density at radius 2 is 1.86 bits per heavy atom. The summed E-state index contributed by atoms with van der Waals surface area (Å²) in [6.45, 7) is 4.86. The number of benzene rings is 1. The molecule has 0 aromatic heterocycles. The minimum absolute atomic E-state index is 0. The third kappa shape index (κ3) is 4.59. The smallest absolute Gasteiger partial charge is 0.226 e. The Kier molecular flexibility index (Phi) is 6.96. The first-order valence-electron chi connectivity index (χ1n) is 9.47. The van der Waals surface area contributed by atoms with Crippen LogP contribution >= 0.6 is 12.4 Å². The van der Waals surface area contributed by atoms with Crippen molar-refractivity contribution in [3.8, 4) is 0 Å². The van der Waals surface area contributed by atoms with Gasteiger partial charge in [-0.1, -0.05) is 12.1 Å². The molecule has 2 aliphatic heterocycles. The molecule has 2 heterocycles. The van der Waals surface area contributed by atoms with Crippen molar-refractivity contribution >= 4 is 29.9 Å². The number of piperidine rings is 1. The number of nitrogens with one attached hydrogen (secondary N) is 1. The number of rotatable bonds is 3. The van der Waals surface area contributed by atoms with Gasteiger partial charge in [-0.05, 0) is 43.9 Å². The number of hydrogen-bond donors (Lipinski definition) is 3. The third-order valence-electron chi connectivity index (χ3n) is 5.87. The van der Waals surface area contributed by atoms with Gasteiger partial charge in [0.25, 0.3) is 0 Å². The van der Waals surface area contributed by atoms with Crippen molar-refractivity contribution in [3.05, 3.63) is 29.8 Å². The summed E-state index contributed by atoms with van der Waals surface area (Å²) < 4.78 is 6.00. The number of nitrogens with two attached hydrogens (primary N) is 1. The minimum atomic E-state index is -0.808. The highest BCUT2D eigenvalue weighted by atomic mass is 35.5. The van der Waals surface area contributed by atoms with Gasteiger partial charge >= 0.3 is 0 Å². The number of aliphatic hydroxyl groups is 1. The zero-order valence-electron chi connectivity index (χ0n) is 16.4. The highest BCUT2D eigenvalue weighted by Gasteiger charge is 2.53. The van der Waals surface area contributed by atoms with Crippen LogP contribution in [0.25, 0.3) is 0 Å². The Balaban J connectivity index is 0.00000280. The van der Waals surface area contributed by atoms with Gasteiger partial charge in [0.1, 0.15) is 6.10 Å². The molecule has 2 fully saturated rings. The minimum Gasteiger partial charge on any atom is -0.399 e. The number of carbonyl (C=O) groups is 2. The fraction of sp³-hybridized carbons (Fsp3) is 0.600.